The van der Waals surface area contributed by atoms with E-state index in [-0.39, 0.29) is 11.8 Å². The van der Waals surface area contributed by atoms with Crippen LogP contribution in [0.25, 0.3) is 10.2 Å². The SMILES string of the molecule is NC(=Nc1nc2ccccc2s1)N=C(N)c1cccc(N)c1. The molecule has 110 valence electrons. The number of benzene rings is 2. The molecule has 7 heteroatoms. The largest absolute Gasteiger partial charge is 0.399 e. The molecule has 0 unspecified atom stereocenters. The van der Waals surface area contributed by atoms with Gasteiger partial charge < -0.3 is 17.2 Å². The van der Waals surface area contributed by atoms with Gasteiger partial charge >= 0.3 is 0 Å². The van der Waals surface area contributed by atoms with Crippen molar-refractivity contribution in [2.75, 3.05) is 5.73 Å². The summed E-state index contributed by atoms with van der Waals surface area (Å²) in [6.45, 7) is 0. The zero-order valence-electron chi connectivity index (χ0n) is 11.6. The second-order valence-corrected chi connectivity index (χ2v) is 5.57. The van der Waals surface area contributed by atoms with Gasteiger partial charge in [0.25, 0.3) is 0 Å². The highest BCUT2D eigenvalue weighted by atomic mass is 32.1. The highest BCUT2D eigenvalue weighted by molar-refractivity contribution is 7.22. The van der Waals surface area contributed by atoms with Crippen LogP contribution in [-0.2, 0) is 0 Å². The molecule has 0 aliphatic carbocycles. The number of fused-ring (bicyclic) bond motifs is 1. The number of para-hydroxylation sites is 1. The summed E-state index contributed by atoms with van der Waals surface area (Å²) in [5, 5.41) is 0.544. The van der Waals surface area contributed by atoms with Crippen LogP contribution in [0.3, 0.4) is 0 Å². The minimum Gasteiger partial charge on any atom is -0.399 e. The third-order valence-corrected chi connectivity index (χ3v) is 3.84. The van der Waals surface area contributed by atoms with Gasteiger partial charge in [-0.3, -0.25) is 0 Å². The summed E-state index contributed by atoms with van der Waals surface area (Å²) >= 11 is 1.44. The van der Waals surface area contributed by atoms with E-state index in [1.165, 1.54) is 11.3 Å². The molecule has 0 radical (unpaired) electrons. The minimum absolute atomic E-state index is 0.0546. The number of rotatable bonds is 2. The number of nitrogens with zero attached hydrogens (tertiary/aromatic N) is 3. The quantitative estimate of drug-likeness (QED) is 0.382. The third-order valence-electron chi connectivity index (χ3n) is 2.91. The molecule has 3 aromatic rings. The predicted molar refractivity (Wildman–Crippen MR) is 92.5 cm³/mol. The highest BCUT2D eigenvalue weighted by Gasteiger charge is 2.04. The van der Waals surface area contributed by atoms with Crippen molar-refractivity contribution in [3.63, 3.8) is 0 Å². The van der Waals surface area contributed by atoms with Gasteiger partial charge in [0.1, 0.15) is 5.84 Å². The molecule has 0 spiro atoms. The molecule has 0 aliphatic heterocycles. The Labute approximate surface area is 131 Å². The molecule has 6 N–H and O–H groups in total. The first-order chi connectivity index (χ1) is 10.6. The molecule has 0 saturated carbocycles. The van der Waals surface area contributed by atoms with Crippen molar-refractivity contribution in [3.8, 4) is 0 Å². The minimum atomic E-state index is 0.0546. The zero-order valence-corrected chi connectivity index (χ0v) is 12.4. The molecule has 0 fully saturated rings. The van der Waals surface area contributed by atoms with E-state index >= 15 is 0 Å². The summed E-state index contributed by atoms with van der Waals surface area (Å²) in [5.41, 5.74) is 19.6. The summed E-state index contributed by atoms with van der Waals surface area (Å²) in [7, 11) is 0. The Morgan fingerprint density at radius 1 is 1.05 bits per heavy atom. The van der Waals surface area contributed by atoms with Crippen molar-refractivity contribution in [3.05, 3.63) is 54.1 Å². The lowest BCUT2D eigenvalue weighted by atomic mass is 10.2. The van der Waals surface area contributed by atoms with Crippen molar-refractivity contribution in [1.29, 1.82) is 0 Å². The Morgan fingerprint density at radius 2 is 1.86 bits per heavy atom. The van der Waals surface area contributed by atoms with Gasteiger partial charge in [0.2, 0.25) is 11.1 Å². The van der Waals surface area contributed by atoms with Crippen LogP contribution >= 0.6 is 11.3 Å². The Bertz CT molecular complexity index is 847. The number of guanidine groups is 1. The molecule has 2 aromatic carbocycles. The Kier molecular flexibility index (Phi) is 3.71. The summed E-state index contributed by atoms with van der Waals surface area (Å²) in [4.78, 5) is 12.6. The van der Waals surface area contributed by atoms with Gasteiger partial charge in [0.15, 0.2) is 0 Å². The van der Waals surface area contributed by atoms with Crippen LogP contribution in [0.1, 0.15) is 5.56 Å². The van der Waals surface area contributed by atoms with Gasteiger partial charge in [-0.25, -0.2) is 4.98 Å². The molecule has 0 saturated heterocycles. The van der Waals surface area contributed by atoms with Crippen LogP contribution in [0.5, 0.6) is 0 Å². The van der Waals surface area contributed by atoms with Gasteiger partial charge in [0, 0.05) is 11.3 Å². The fraction of sp³-hybridized carbons (Fsp3) is 0. The number of anilines is 1. The van der Waals surface area contributed by atoms with Crippen molar-refractivity contribution < 1.29 is 0 Å². The number of hydrogen-bond acceptors (Lipinski definition) is 4. The normalized spacial score (nSPS) is 12.7. The number of amidine groups is 1. The van der Waals surface area contributed by atoms with Crippen LogP contribution in [0.2, 0.25) is 0 Å². The molecule has 6 nitrogen and oxygen atoms in total. The van der Waals surface area contributed by atoms with Gasteiger partial charge in [-0.15, -0.1) is 0 Å². The lowest BCUT2D eigenvalue weighted by molar-refractivity contribution is 1.35. The van der Waals surface area contributed by atoms with Gasteiger partial charge in [-0.1, -0.05) is 35.6 Å². The highest BCUT2D eigenvalue weighted by Crippen LogP contribution is 2.27. The molecule has 1 heterocycles. The Balaban J connectivity index is 1.89. The second kappa shape index (κ2) is 5.82. The van der Waals surface area contributed by atoms with Crippen LogP contribution in [0.15, 0.2) is 58.5 Å². The average Bonchev–Trinajstić information content (AvgIpc) is 2.89. The Morgan fingerprint density at radius 3 is 2.64 bits per heavy atom. The molecule has 0 aliphatic rings. The van der Waals surface area contributed by atoms with Gasteiger partial charge in [0.05, 0.1) is 10.2 Å². The van der Waals surface area contributed by atoms with E-state index in [1.807, 2.05) is 24.3 Å². The third kappa shape index (κ3) is 3.04. The number of aliphatic imine (C=N–C) groups is 2. The first-order valence-corrected chi connectivity index (χ1v) is 7.33. The molecular formula is C15H14N6S. The lowest BCUT2D eigenvalue weighted by Crippen LogP contribution is -2.19. The fourth-order valence-electron chi connectivity index (χ4n) is 1.92. The van der Waals surface area contributed by atoms with Gasteiger partial charge in [-0.2, -0.15) is 9.98 Å². The number of thiazole rings is 1. The maximum absolute atomic E-state index is 5.91. The van der Waals surface area contributed by atoms with E-state index in [1.54, 1.807) is 24.3 Å². The molecule has 0 bridgehead atoms. The molecule has 22 heavy (non-hydrogen) atoms. The maximum atomic E-state index is 5.91. The second-order valence-electron chi connectivity index (χ2n) is 4.56. The first kappa shape index (κ1) is 14.0. The number of hydrogen-bond donors (Lipinski definition) is 3. The van der Waals surface area contributed by atoms with Gasteiger partial charge in [-0.05, 0) is 24.3 Å². The summed E-state index contributed by atoms with van der Waals surface area (Å²) in [6, 6.07) is 14.9. The van der Waals surface area contributed by atoms with E-state index in [4.69, 9.17) is 17.2 Å². The van der Waals surface area contributed by atoms with E-state index in [0.29, 0.717) is 16.4 Å². The number of aromatic nitrogens is 1. The number of nitrogens with two attached hydrogens (primary N) is 3. The molecule has 0 amide bonds. The lowest BCUT2D eigenvalue weighted by Gasteiger charge is -2.01. The van der Waals surface area contributed by atoms with Crippen LogP contribution < -0.4 is 17.2 Å². The van der Waals surface area contributed by atoms with Crippen molar-refractivity contribution >= 4 is 44.2 Å². The van der Waals surface area contributed by atoms with Crippen LogP contribution in [0, 0.1) is 0 Å². The van der Waals surface area contributed by atoms with E-state index in [0.717, 1.165) is 10.2 Å². The summed E-state index contributed by atoms with van der Waals surface area (Å²) in [6.07, 6.45) is 0. The van der Waals surface area contributed by atoms with Crippen LogP contribution in [0.4, 0.5) is 10.8 Å². The smallest absolute Gasteiger partial charge is 0.224 e. The van der Waals surface area contributed by atoms with Crippen molar-refractivity contribution in [1.82, 2.24) is 4.98 Å². The Hall–Kier alpha value is -2.93. The topological polar surface area (TPSA) is 116 Å². The van der Waals surface area contributed by atoms with E-state index in [2.05, 4.69) is 15.0 Å². The standard InChI is InChI=1S/C15H14N6S/c16-10-5-3-4-9(8-10)13(17)20-14(18)21-15-19-11-6-1-2-7-12(11)22-15/h1-8H,16H2,(H4,17,18,19,20,21). The summed E-state index contributed by atoms with van der Waals surface area (Å²) in [5.74, 6) is 0.314. The van der Waals surface area contributed by atoms with E-state index in [9.17, 15) is 0 Å². The molecule has 3 rings (SSSR count). The van der Waals surface area contributed by atoms with Crippen molar-refractivity contribution in [2.45, 2.75) is 0 Å². The van der Waals surface area contributed by atoms with E-state index < -0.39 is 0 Å². The zero-order chi connectivity index (χ0) is 15.5. The summed E-state index contributed by atoms with van der Waals surface area (Å²) < 4.78 is 1.04. The van der Waals surface area contributed by atoms with Crippen LogP contribution in [-0.4, -0.2) is 16.8 Å². The molecular weight excluding hydrogens is 296 g/mol. The molecule has 1 aromatic heterocycles. The average molecular weight is 310 g/mol. The first-order valence-electron chi connectivity index (χ1n) is 6.51. The number of nitrogen functional groups attached to an aromatic ring is 1. The monoisotopic (exact) mass is 310 g/mol. The fourth-order valence-corrected chi connectivity index (χ4v) is 2.76. The maximum Gasteiger partial charge on any atom is 0.224 e. The predicted octanol–water partition coefficient (Wildman–Crippen LogP) is 2.23. The van der Waals surface area contributed by atoms with Crippen molar-refractivity contribution in [2.24, 2.45) is 21.5 Å². The molecule has 0 atom stereocenters.